The van der Waals surface area contributed by atoms with Crippen LogP contribution in [0.3, 0.4) is 0 Å². The molecule has 60 valence electrons. The van der Waals surface area contributed by atoms with E-state index in [9.17, 15) is 0 Å². The summed E-state index contributed by atoms with van der Waals surface area (Å²) in [5.41, 5.74) is 0. The third-order valence-corrected chi connectivity index (χ3v) is 2.08. The van der Waals surface area contributed by atoms with E-state index in [0.717, 1.165) is 26.0 Å². The van der Waals surface area contributed by atoms with E-state index in [-0.39, 0.29) is 0 Å². The second-order valence-corrected chi connectivity index (χ2v) is 2.91. The minimum absolute atomic E-state index is 0.433. The first kappa shape index (κ1) is 8.02. The summed E-state index contributed by atoms with van der Waals surface area (Å²) in [6.07, 6.45) is 2.71. The fourth-order valence-corrected chi connectivity index (χ4v) is 1.38. The maximum atomic E-state index is 5.60. The van der Waals surface area contributed by atoms with Crippen molar-refractivity contribution in [3.05, 3.63) is 0 Å². The van der Waals surface area contributed by atoms with Gasteiger partial charge in [-0.15, -0.1) is 0 Å². The molecule has 0 saturated carbocycles. The average molecular weight is 143 g/mol. The summed E-state index contributed by atoms with van der Waals surface area (Å²) in [6.45, 7) is 6.40. The van der Waals surface area contributed by atoms with Crippen molar-refractivity contribution in [2.75, 3.05) is 13.2 Å². The van der Waals surface area contributed by atoms with Crippen LogP contribution in [0.25, 0.3) is 0 Å². The Morgan fingerprint density at radius 1 is 1.60 bits per heavy atom. The molecule has 2 nitrogen and oxygen atoms in total. The summed E-state index contributed by atoms with van der Waals surface area (Å²) >= 11 is 0. The quantitative estimate of drug-likeness (QED) is 0.595. The number of rotatable bonds is 1. The summed E-state index contributed by atoms with van der Waals surface area (Å²) < 4.78 is 5.60. The zero-order valence-corrected chi connectivity index (χ0v) is 6.89. The molecule has 1 heterocycles. The van der Waals surface area contributed by atoms with Crippen molar-refractivity contribution < 1.29 is 4.74 Å². The van der Waals surface area contributed by atoms with Gasteiger partial charge in [-0.1, -0.05) is 6.92 Å². The molecule has 0 bridgehead atoms. The van der Waals surface area contributed by atoms with Crippen LogP contribution >= 0.6 is 0 Å². The summed E-state index contributed by atoms with van der Waals surface area (Å²) in [7, 11) is 0. The highest BCUT2D eigenvalue weighted by Gasteiger charge is 2.17. The van der Waals surface area contributed by atoms with Crippen LogP contribution in [-0.4, -0.2) is 25.3 Å². The van der Waals surface area contributed by atoms with Gasteiger partial charge in [0, 0.05) is 12.6 Å². The molecule has 0 aromatic rings. The lowest BCUT2D eigenvalue weighted by atomic mass is 10.1. The zero-order chi connectivity index (χ0) is 7.40. The van der Waals surface area contributed by atoms with Gasteiger partial charge in [-0.2, -0.15) is 0 Å². The molecule has 0 aromatic heterocycles. The monoisotopic (exact) mass is 143 g/mol. The molecule has 0 amide bonds. The van der Waals surface area contributed by atoms with Crippen molar-refractivity contribution in [2.24, 2.45) is 0 Å². The largest absolute Gasteiger partial charge is 0.377 e. The normalized spacial score (nSPS) is 35.4. The van der Waals surface area contributed by atoms with Gasteiger partial charge < -0.3 is 10.1 Å². The Kier molecular flexibility index (Phi) is 3.16. The Morgan fingerprint density at radius 3 is 3.10 bits per heavy atom. The number of nitrogens with one attached hydrogen (secondary N) is 1. The molecular formula is C8H17NO. The van der Waals surface area contributed by atoms with E-state index in [2.05, 4.69) is 19.2 Å². The number of hydrogen-bond donors (Lipinski definition) is 1. The highest BCUT2D eigenvalue weighted by molar-refractivity contribution is 4.73. The molecule has 1 aliphatic heterocycles. The molecule has 0 aliphatic carbocycles. The minimum Gasteiger partial charge on any atom is -0.377 e. The van der Waals surface area contributed by atoms with Gasteiger partial charge in [-0.3, -0.25) is 0 Å². The Morgan fingerprint density at radius 2 is 2.40 bits per heavy atom. The molecule has 10 heavy (non-hydrogen) atoms. The van der Waals surface area contributed by atoms with Gasteiger partial charge >= 0.3 is 0 Å². The Labute approximate surface area is 63.0 Å². The molecule has 1 fully saturated rings. The van der Waals surface area contributed by atoms with Crippen molar-refractivity contribution in [2.45, 2.75) is 38.8 Å². The lowest BCUT2D eigenvalue weighted by Crippen LogP contribution is -2.36. The molecule has 2 unspecified atom stereocenters. The Hall–Kier alpha value is -0.0800. The first-order valence-electron chi connectivity index (χ1n) is 4.19. The van der Waals surface area contributed by atoms with Gasteiger partial charge in [0.1, 0.15) is 0 Å². The van der Waals surface area contributed by atoms with Crippen LogP contribution in [-0.2, 0) is 4.74 Å². The van der Waals surface area contributed by atoms with Crippen LogP contribution in [0.15, 0.2) is 0 Å². The summed E-state index contributed by atoms with van der Waals surface area (Å²) in [5, 5.41) is 3.42. The molecule has 1 saturated heterocycles. The van der Waals surface area contributed by atoms with E-state index < -0.39 is 0 Å². The van der Waals surface area contributed by atoms with Crippen molar-refractivity contribution in [1.29, 1.82) is 0 Å². The fraction of sp³-hybridized carbons (Fsp3) is 1.00. The molecule has 0 aromatic carbocycles. The average Bonchev–Trinajstić information content (AvgIpc) is 2.13. The van der Waals surface area contributed by atoms with E-state index in [4.69, 9.17) is 4.74 Å². The van der Waals surface area contributed by atoms with Gasteiger partial charge in [0.15, 0.2) is 0 Å². The lowest BCUT2D eigenvalue weighted by Gasteiger charge is -2.19. The molecule has 0 radical (unpaired) electrons. The van der Waals surface area contributed by atoms with Gasteiger partial charge in [0.25, 0.3) is 0 Å². The zero-order valence-electron chi connectivity index (χ0n) is 6.89. The molecular weight excluding hydrogens is 126 g/mol. The van der Waals surface area contributed by atoms with Gasteiger partial charge in [-0.25, -0.2) is 0 Å². The van der Waals surface area contributed by atoms with E-state index in [1.54, 1.807) is 0 Å². The maximum absolute atomic E-state index is 5.60. The number of hydrogen-bond acceptors (Lipinski definition) is 2. The predicted octanol–water partition coefficient (Wildman–Crippen LogP) is 1.16. The van der Waals surface area contributed by atoms with Gasteiger partial charge in [0.05, 0.1) is 6.10 Å². The van der Waals surface area contributed by atoms with Crippen LogP contribution in [0.4, 0.5) is 0 Å². The van der Waals surface area contributed by atoms with Crippen molar-refractivity contribution in [3.63, 3.8) is 0 Å². The van der Waals surface area contributed by atoms with Gasteiger partial charge in [0.2, 0.25) is 0 Å². The molecule has 0 spiro atoms. The Bertz CT molecular complexity index is 95.3. The van der Waals surface area contributed by atoms with Crippen LogP contribution in [0.2, 0.25) is 0 Å². The van der Waals surface area contributed by atoms with Crippen molar-refractivity contribution in [1.82, 2.24) is 5.32 Å². The second-order valence-electron chi connectivity index (χ2n) is 2.91. The summed E-state index contributed by atoms with van der Waals surface area (Å²) in [4.78, 5) is 0. The van der Waals surface area contributed by atoms with E-state index in [0.29, 0.717) is 12.1 Å². The van der Waals surface area contributed by atoms with E-state index in [1.165, 1.54) is 0 Å². The van der Waals surface area contributed by atoms with Crippen LogP contribution < -0.4 is 5.32 Å². The maximum Gasteiger partial charge on any atom is 0.0722 e. The third kappa shape index (κ3) is 1.96. The Balaban J connectivity index is 2.35. The van der Waals surface area contributed by atoms with Crippen molar-refractivity contribution >= 4 is 0 Å². The third-order valence-electron chi connectivity index (χ3n) is 2.08. The van der Waals surface area contributed by atoms with E-state index in [1.807, 2.05) is 0 Å². The smallest absolute Gasteiger partial charge is 0.0722 e. The summed E-state index contributed by atoms with van der Waals surface area (Å²) in [6, 6.07) is 0.535. The molecule has 1 N–H and O–H groups in total. The molecule has 2 atom stereocenters. The van der Waals surface area contributed by atoms with Crippen LogP contribution in [0.1, 0.15) is 26.7 Å². The fourth-order valence-electron chi connectivity index (χ4n) is 1.38. The van der Waals surface area contributed by atoms with Crippen LogP contribution in [0.5, 0.6) is 0 Å². The molecule has 2 heteroatoms. The lowest BCUT2D eigenvalue weighted by molar-refractivity contribution is 0.0445. The number of ether oxygens (including phenoxy) is 1. The first-order chi connectivity index (χ1) is 4.84. The first-order valence-corrected chi connectivity index (χ1v) is 4.19. The topological polar surface area (TPSA) is 21.3 Å². The van der Waals surface area contributed by atoms with Crippen molar-refractivity contribution in [3.8, 4) is 0 Å². The van der Waals surface area contributed by atoms with Crippen LogP contribution in [0, 0.1) is 0 Å². The predicted molar refractivity (Wildman–Crippen MR) is 42.1 cm³/mol. The highest BCUT2D eigenvalue weighted by atomic mass is 16.5. The molecule has 1 aliphatic rings. The molecule has 1 rings (SSSR count). The second kappa shape index (κ2) is 3.94. The van der Waals surface area contributed by atoms with Gasteiger partial charge in [-0.05, 0) is 26.3 Å². The van der Waals surface area contributed by atoms with E-state index >= 15 is 0 Å². The minimum atomic E-state index is 0.433. The SMILES string of the molecule is CCC1OCCCNC1C. The standard InChI is InChI=1S/C8H17NO/c1-3-8-7(2)9-5-4-6-10-8/h7-9H,3-6H2,1-2H3. The summed E-state index contributed by atoms with van der Waals surface area (Å²) in [5.74, 6) is 0. The highest BCUT2D eigenvalue weighted by Crippen LogP contribution is 2.07.